The molecule has 0 spiro atoms. The zero-order valence-corrected chi connectivity index (χ0v) is 13.0. The summed E-state index contributed by atoms with van der Waals surface area (Å²) in [7, 11) is 0. The lowest BCUT2D eigenvalue weighted by Gasteiger charge is -2.26. The molecule has 0 aromatic carbocycles. The number of nitrogens with one attached hydrogen (secondary N) is 2. The summed E-state index contributed by atoms with van der Waals surface area (Å²) in [5.41, 5.74) is 0.229. The van der Waals surface area contributed by atoms with Crippen LogP contribution in [-0.4, -0.2) is 36.1 Å². The molecule has 1 rings (SSSR count). The van der Waals surface area contributed by atoms with E-state index in [2.05, 4.69) is 10.6 Å². The highest BCUT2D eigenvalue weighted by Gasteiger charge is 2.21. The highest BCUT2D eigenvalue weighted by Crippen LogP contribution is 2.20. The van der Waals surface area contributed by atoms with Crippen molar-refractivity contribution in [2.24, 2.45) is 5.41 Å². The summed E-state index contributed by atoms with van der Waals surface area (Å²) < 4.78 is 5.04. The highest BCUT2D eigenvalue weighted by molar-refractivity contribution is 5.97. The van der Waals surface area contributed by atoms with Gasteiger partial charge in [0.25, 0.3) is 5.91 Å². The Morgan fingerprint density at radius 1 is 1.38 bits per heavy atom. The largest absolute Gasteiger partial charge is 0.469 e. The predicted octanol–water partition coefficient (Wildman–Crippen LogP) is 1.23. The van der Waals surface area contributed by atoms with Crippen molar-refractivity contribution >= 4 is 11.8 Å². The zero-order valence-electron chi connectivity index (χ0n) is 13.0. The lowest BCUT2D eigenvalue weighted by atomic mass is 9.87. The number of rotatable bonds is 7. The van der Waals surface area contributed by atoms with E-state index in [1.54, 1.807) is 19.9 Å². The summed E-state index contributed by atoms with van der Waals surface area (Å²) in [5.74, 6) is -0.0752. The van der Waals surface area contributed by atoms with Gasteiger partial charge < -0.3 is 20.2 Å². The Labute approximate surface area is 124 Å². The molecular weight excluding hydrogens is 272 g/mol. The minimum Gasteiger partial charge on any atom is -0.469 e. The molecule has 0 bridgehead atoms. The van der Waals surface area contributed by atoms with Crippen molar-refractivity contribution in [2.45, 2.75) is 40.2 Å². The minimum absolute atomic E-state index is 0.0891. The van der Waals surface area contributed by atoms with Crippen LogP contribution in [0.5, 0.6) is 0 Å². The van der Waals surface area contributed by atoms with Crippen molar-refractivity contribution in [2.75, 3.05) is 13.1 Å². The van der Waals surface area contributed by atoms with Crippen LogP contribution in [0.3, 0.4) is 0 Å². The summed E-state index contributed by atoms with van der Waals surface area (Å²) in [4.78, 5) is 23.5. The number of furan rings is 1. The molecule has 6 heteroatoms. The number of amides is 2. The number of hydrogen-bond acceptors (Lipinski definition) is 4. The van der Waals surface area contributed by atoms with Crippen LogP contribution < -0.4 is 10.6 Å². The first-order valence-corrected chi connectivity index (χ1v) is 6.98. The third kappa shape index (κ3) is 5.99. The van der Waals surface area contributed by atoms with Gasteiger partial charge in [0.1, 0.15) is 5.76 Å². The molecule has 6 nitrogen and oxygen atoms in total. The monoisotopic (exact) mass is 296 g/mol. The lowest BCUT2D eigenvalue weighted by molar-refractivity contribution is -0.120. The van der Waals surface area contributed by atoms with Gasteiger partial charge in [-0.25, -0.2) is 0 Å². The van der Waals surface area contributed by atoms with Crippen molar-refractivity contribution < 1.29 is 19.1 Å². The van der Waals surface area contributed by atoms with E-state index in [4.69, 9.17) is 4.42 Å². The van der Waals surface area contributed by atoms with Gasteiger partial charge in [0.05, 0.1) is 24.5 Å². The molecule has 0 radical (unpaired) electrons. The van der Waals surface area contributed by atoms with Crippen molar-refractivity contribution in [3.05, 3.63) is 23.7 Å². The topological polar surface area (TPSA) is 91.6 Å². The summed E-state index contributed by atoms with van der Waals surface area (Å²) >= 11 is 0. The van der Waals surface area contributed by atoms with E-state index in [0.717, 1.165) is 0 Å². The molecule has 2 amide bonds. The van der Waals surface area contributed by atoms with Crippen LogP contribution in [0, 0.1) is 12.3 Å². The zero-order chi connectivity index (χ0) is 16.0. The molecule has 1 aromatic heterocycles. The molecule has 0 saturated heterocycles. The maximum absolute atomic E-state index is 11.8. The fourth-order valence-electron chi connectivity index (χ4n) is 2.15. The molecule has 0 fully saturated rings. The molecule has 1 unspecified atom stereocenters. The van der Waals surface area contributed by atoms with Gasteiger partial charge in [0, 0.05) is 6.54 Å². The van der Waals surface area contributed by atoms with Gasteiger partial charge in [-0.1, -0.05) is 13.8 Å². The molecule has 118 valence electrons. The molecule has 0 aliphatic heterocycles. The fourth-order valence-corrected chi connectivity index (χ4v) is 2.15. The van der Waals surface area contributed by atoms with Gasteiger partial charge in [-0.2, -0.15) is 0 Å². The van der Waals surface area contributed by atoms with Crippen molar-refractivity contribution in [1.29, 1.82) is 0 Å². The Balaban J connectivity index is 2.35. The molecule has 0 saturated carbocycles. The van der Waals surface area contributed by atoms with E-state index in [9.17, 15) is 14.7 Å². The highest BCUT2D eigenvalue weighted by atomic mass is 16.3. The number of carbonyl (C=O) groups is 2. The number of carbonyl (C=O) groups excluding carboxylic acids is 2. The van der Waals surface area contributed by atoms with E-state index >= 15 is 0 Å². The SMILES string of the molecule is Cc1occc1C(=O)NCC(=O)NCC(C)(C)CC(C)O. The van der Waals surface area contributed by atoms with E-state index in [-0.39, 0.29) is 23.8 Å². The molecule has 1 aromatic rings. The standard InChI is InChI=1S/C15H24N2O4/c1-10(18)7-15(3,4)9-17-13(19)8-16-14(20)12-5-6-21-11(12)2/h5-6,10,18H,7-9H2,1-4H3,(H,16,20)(H,17,19). The second-order valence-corrected chi connectivity index (χ2v) is 6.07. The van der Waals surface area contributed by atoms with Gasteiger partial charge in [-0.15, -0.1) is 0 Å². The number of hydrogen-bond donors (Lipinski definition) is 3. The number of aryl methyl sites for hydroxylation is 1. The van der Waals surface area contributed by atoms with E-state index < -0.39 is 6.10 Å². The first-order valence-electron chi connectivity index (χ1n) is 6.98. The van der Waals surface area contributed by atoms with Crippen molar-refractivity contribution in [1.82, 2.24) is 10.6 Å². The smallest absolute Gasteiger partial charge is 0.255 e. The second-order valence-electron chi connectivity index (χ2n) is 6.07. The molecule has 3 N–H and O–H groups in total. The van der Waals surface area contributed by atoms with Crippen LogP contribution in [0.15, 0.2) is 16.7 Å². The second kappa shape index (κ2) is 7.26. The first kappa shape index (κ1) is 17.2. The summed E-state index contributed by atoms with van der Waals surface area (Å²) in [6, 6.07) is 1.56. The normalized spacial score (nSPS) is 12.8. The van der Waals surface area contributed by atoms with Crippen LogP contribution in [-0.2, 0) is 4.79 Å². The molecule has 0 aliphatic carbocycles. The summed E-state index contributed by atoms with van der Waals surface area (Å²) in [6.45, 7) is 7.69. The van der Waals surface area contributed by atoms with Gasteiger partial charge in [-0.3, -0.25) is 9.59 Å². The van der Waals surface area contributed by atoms with Crippen LogP contribution in [0.1, 0.15) is 43.3 Å². The van der Waals surface area contributed by atoms with Gasteiger partial charge >= 0.3 is 0 Å². The number of aliphatic hydroxyl groups excluding tert-OH is 1. The third-order valence-corrected chi connectivity index (χ3v) is 3.13. The molecule has 1 atom stereocenters. The predicted molar refractivity (Wildman–Crippen MR) is 78.9 cm³/mol. The van der Waals surface area contributed by atoms with Crippen LogP contribution in [0.4, 0.5) is 0 Å². The van der Waals surface area contributed by atoms with Crippen LogP contribution in [0.25, 0.3) is 0 Å². The first-order chi connectivity index (χ1) is 9.71. The average Bonchev–Trinajstić information content (AvgIpc) is 2.78. The van der Waals surface area contributed by atoms with Crippen molar-refractivity contribution in [3.8, 4) is 0 Å². The van der Waals surface area contributed by atoms with Gasteiger partial charge in [0.2, 0.25) is 5.91 Å². The van der Waals surface area contributed by atoms with Crippen LogP contribution in [0.2, 0.25) is 0 Å². The van der Waals surface area contributed by atoms with E-state index in [0.29, 0.717) is 24.3 Å². The lowest BCUT2D eigenvalue weighted by Crippen LogP contribution is -2.41. The molecular formula is C15H24N2O4. The van der Waals surface area contributed by atoms with E-state index in [1.165, 1.54) is 6.26 Å². The molecule has 1 heterocycles. The summed E-state index contributed by atoms with van der Waals surface area (Å²) in [6.07, 6.45) is 1.61. The summed E-state index contributed by atoms with van der Waals surface area (Å²) in [5, 5.41) is 14.7. The third-order valence-electron chi connectivity index (χ3n) is 3.13. The quantitative estimate of drug-likeness (QED) is 0.705. The average molecular weight is 296 g/mol. The molecule has 21 heavy (non-hydrogen) atoms. The van der Waals surface area contributed by atoms with E-state index in [1.807, 2.05) is 13.8 Å². The van der Waals surface area contributed by atoms with Gasteiger partial charge in [0.15, 0.2) is 0 Å². The minimum atomic E-state index is -0.416. The van der Waals surface area contributed by atoms with Gasteiger partial charge in [-0.05, 0) is 31.7 Å². The Morgan fingerprint density at radius 3 is 2.57 bits per heavy atom. The fraction of sp³-hybridized carbons (Fsp3) is 0.600. The maximum Gasteiger partial charge on any atom is 0.255 e. The Hall–Kier alpha value is -1.82. The Kier molecular flexibility index (Phi) is 5.96. The van der Waals surface area contributed by atoms with Crippen molar-refractivity contribution in [3.63, 3.8) is 0 Å². The Bertz CT molecular complexity index is 492. The Morgan fingerprint density at radius 2 is 2.05 bits per heavy atom. The van der Waals surface area contributed by atoms with Crippen LogP contribution >= 0.6 is 0 Å². The number of aliphatic hydroxyl groups is 1. The maximum atomic E-state index is 11.8. The molecule has 0 aliphatic rings.